The largest absolute Gasteiger partial charge is 0.446 e. The lowest BCUT2D eigenvalue weighted by atomic mass is 10.0. The quantitative estimate of drug-likeness (QED) is 0.487. The van der Waals surface area contributed by atoms with Gasteiger partial charge in [-0.25, -0.2) is 22.9 Å². The van der Waals surface area contributed by atoms with Crippen LogP contribution in [0.1, 0.15) is 57.6 Å². The first kappa shape index (κ1) is 21.6. The molecule has 2 aromatic rings. The summed E-state index contributed by atoms with van der Waals surface area (Å²) in [4.78, 5) is 16.1. The molecule has 0 saturated heterocycles. The van der Waals surface area contributed by atoms with Gasteiger partial charge in [0.05, 0.1) is 0 Å². The molecule has 2 heterocycles. The summed E-state index contributed by atoms with van der Waals surface area (Å²) in [7, 11) is -3.52. The molecule has 2 saturated carbocycles. The maximum absolute atomic E-state index is 12.2. The van der Waals surface area contributed by atoms with Crippen molar-refractivity contribution in [3.05, 3.63) is 30.1 Å². The zero-order chi connectivity index (χ0) is 22.0. The van der Waals surface area contributed by atoms with Crippen LogP contribution in [-0.4, -0.2) is 47.9 Å². The second-order valence-corrected chi connectivity index (χ2v) is 10.2. The highest BCUT2D eigenvalue weighted by atomic mass is 32.2. The van der Waals surface area contributed by atoms with Crippen LogP contribution in [0.15, 0.2) is 29.3 Å². The maximum atomic E-state index is 12.2. The summed E-state index contributed by atoms with van der Waals surface area (Å²) in [5.74, 6) is 1.33. The molecule has 31 heavy (non-hydrogen) atoms. The smallest absolute Gasteiger partial charge is 0.407 e. The number of sulfonamides is 1. The second kappa shape index (κ2) is 8.83. The van der Waals surface area contributed by atoms with Crippen LogP contribution in [0.25, 0.3) is 0 Å². The van der Waals surface area contributed by atoms with E-state index in [-0.39, 0.29) is 35.1 Å². The van der Waals surface area contributed by atoms with E-state index in [1.807, 2.05) is 19.9 Å². The molecule has 0 spiro atoms. The van der Waals surface area contributed by atoms with Gasteiger partial charge in [-0.3, -0.25) is 5.10 Å². The first-order chi connectivity index (χ1) is 14.8. The molecule has 2 atom stereocenters. The van der Waals surface area contributed by atoms with Gasteiger partial charge in [-0.2, -0.15) is 5.10 Å². The SMILES string of the molecule is CC(C)NC(=O)O[C@@H]1CC[C@H](c2cc(Nc3ccc(S(=O)(=O)NC4CC4)cn3)n[nH]2)C1. The van der Waals surface area contributed by atoms with E-state index in [4.69, 9.17) is 4.74 Å². The van der Waals surface area contributed by atoms with Crippen molar-refractivity contribution >= 4 is 27.8 Å². The normalized spacial score (nSPS) is 21.3. The number of carbonyl (C=O) groups excluding carboxylic acids is 1. The number of amides is 1. The van der Waals surface area contributed by atoms with E-state index in [2.05, 4.69) is 30.5 Å². The van der Waals surface area contributed by atoms with E-state index in [1.54, 1.807) is 6.07 Å². The van der Waals surface area contributed by atoms with E-state index in [0.29, 0.717) is 11.6 Å². The lowest BCUT2D eigenvalue weighted by molar-refractivity contribution is 0.0981. The molecule has 0 unspecified atom stereocenters. The number of nitrogens with zero attached hydrogens (tertiary/aromatic N) is 2. The van der Waals surface area contributed by atoms with Crippen molar-refractivity contribution in [2.45, 2.75) is 75.0 Å². The third-order valence-corrected chi connectivity index (χ3v) is 6.81. The number of aromatic nitrogens is 3. The highest BCUT2D eigenvalue weighted by Crippen LogP contribution is 2.36. The van der Waals surface area contributed by atoms with Crippen LogP contribution in [0.5, 0.6) is 0 Å². The minimum Gasteiger partial charge on any atom is -0.446 e. The molecule has 2 aliphatic rings. The third-order valence-electron chi connectivity index (χ3n) is 5.30. The van der Waals surface area contributed by atoms with Gasteiger partial charge in [0.25, 0.3) is 0 Å². The summed E-state index contributed by atoms with van der Waals surface area (Å²) in [6.45, 7) is 3.79. The van der Waals surface area contributed by atoms with Gasteiger partial charge in [0.2, 0.25) is 10.0 Å². The number of alkyl carbamates (subject to hydrolysis) is 1. The van der Waals surface area contributed by atoms with Crippen LogP contribution < -0.4 is 15.4 Å². The van der Waals surface area contributed by atoms with Crippen LogP contribution in [0, 0.1) is 0 Å². The number of anilines is 2. The summed E-state index contributed by atoms with van der Waals surface area (Å²) >= 11 is 0. The molecule has 0 radical (unpaired) electrons. The van der Waals surface area contributed by atoms with Crippen LogP contribution in [0.3, 0.4) is 0 Å². The first-order valence-corrected chi connectivity index (χ1v) is 12.0. The topological polar surface area (TPSA) is 138 Å². The van der Waals surface area contributed by atoms with E-state index in [1.165, 1.54) is 12.3 Å². The Hall–Kier alpha value is -2.66. The number of rotatable bonds is 8. The van der Waals surface area contributed by atoms with E-state index >= 15 is 0 Å². The Bertz CT molecular complexity index is 1020. The number of ether oxygens (including phenoxy) is 1. The van der Waals surface area contributed by atoms with Gasteiger partial charge in [0, 0.05) is 36.0 Å². The fraction of sp³-hybridized carbons (Fsp3) is 0.550. The Balaban J connectivity index is 1.31. The molecule has 168 valence electrons. The minimum atomic E-state index is -3.52. The summed E-state index contributed by atoms with van der Waals surface area (Å²) in [5.41, 5.74) is 0.964. The molecule has 0 aliphatic heterocycles. The van der Waals surface area contributed by atoms with Crippen molar-refractivity contribution in [2.24, 2.45) is 0 Å². The lowest BCUT2D eigenvalue weighted by Crippen LogP contribution is -2.33. The average molecular weight is 449 g/mol. The molecule has 0 bridgehead atoms. The Kier molecular flexibility index (Phi) is 6.15. The Labute approximate surface area is 181 Å². The first-order valence-electron chi connectivity index (χ1n) is 10.6. The van der Waals surface area contributed by atoms with Gasteiger partial charge < -0.3 is 15.4 Å². The van der Waals surface area contributed by atoms with Gasteiger partial charge >= 0.3 is 6.09 Å². The summed E-state index contributed by atoms with van der Waals surface area (Å²) in [5, 5.41) is 13.1. The summed E-state index contributed by atoms with van der Waals surface area (Å²) < 4.78 is 32.6. The molecule has 4 rings (SSSR count). The maximum Gasteiger partial charge on any atom is 0.407 e. The van der Waals surface area contributed by atoms with Crippen molar-refractivity contribution in [2.75, 3.05) is 5.32 Å². The molecule has 4 N–H and O–H groups in total. The number of H-pyrrole nitrogens is 1. The number of aromatic amines is 1. The van der Waals surface area contributed by atoms with Crippen molar-refractivity contribution in [1.82, 2.24) is 25.2 Å². The molecule has 11 heteroatoms. The highest BCUT2D eigenvalue weighted by molar-refractivity contribution is 7.89. The van der Waals surface area contributed by atoms with Gasteiger partial charge in [0.15, 0.2) is 5.82 Å². The van der Waals surface area contributed by atoms with Crippen LogP contribution >= 0.6 is 0 Å². The van der Waals surface area contributed by atoms with Crippen LogP contribution in [0.4, 0.5) is 16.4 Å². The molecule has 0 aromatic carbocycles. The number of carbonyl (C=O) groups is 1. The zero-order valence-corrected chi connectivity index (χ0v) is 18.4. The number of nitrogens with one attached hydrogen (secondary N) is 4. The predicted octanol–water partition coefficient (Wildman–Crippen LogP) is 2.76. The van der Waals surface area contributed by atoms with Crippen molar-refractivity contribution < 1.29 is 17.9 Å². The fourth-order valence-electron chi connectivity index (χ4n) is 3.59. The molecule has 1 amide bonds. The predicted molar refractivity (Wildman–Crippen MR) is 115 cm³/mol. The van der Waals surface area contributed by atoms with Crippen molar-refractivity contribution in [1.29, 1.82) is 0 Å². The minimum absolute atomic E-state index is 0.0446. The Morgan fingerprint density at radius 2 is 2.00 bits per heavy atom. The number of pyridine rings is 1. The standard InChI is InChI=1S/C20H28N6O4S/c1-12(2)22-20(27)30-15-6-3-13(9-15)17-10-19(25-24-17)23-18-8-7-16(11-21-18)31(28,29)26-14-4-5-14/h7-8,10-15,26H,3-6,9H2,1-2H3,(H,22,27)(H2,21,23,24,25)/t13-,15+/m0/s1. The van der Waals surface area contributed by atoms with Crippen LogP contribution in [0.2, 0.25) is 0 Å². The fourth-order valence-corrected chi connectivity index (χ4v) is 4.84. The van der Waals surface area contributed by atoms with Crippen molar-refractivity contribution in [3.63, 3.8) is 0 Å². The van der Waals surface area contributed by atoms with Gasteiger partial charge in [0.1, 0.15) is 16.8 Å². The molecular formula is C20H28N6O4S. The number of hydrogen-bond donors (Lipinski definition) is 4. The third kappa shape index (κ3) is 5.73. The molecule has 2 aliphatic carbocycles. The van der Waals surface area contributed by atoms with Gasteiger partial charge in [-0.15, -0.1) is 0 Å². The average Bonchev–Trinajstić information content (AvgIpc) is 3.18. The monoisotopic (exact) mass is 448 g/mol. The molecular weight excluding hydrogens is 420 g/mol. The van der Waals surface area contributed by atoms with Crippen LogP contribution in [-0.2, 0) is 14.8 Å². The van der Waals surface area contributed by atoms with E-state index in [9.17, 15) is 13.2 Å². The molecule has 2 fully saturated rings. The van der Waals surface area contributed by atoms with E-state index in [0.717, 1.165) is 37.8 Å². The lowest BCUT2D eigenvalue weighted by Gasteiger charge is -2.14. The zero-order valence-electron chi connectivity index (χ0n) is 17.6. The molecule has 10 nitrogen and oxygen atoms in total. The summed E-state index contributed by atoms with van der Waals surface area (Å²) in [6, 6.07) is 5.14. The highest BCUT2D eigenvalue weighted by Gasteiger charge is 2.30. The van der Waals surface area contributed by atoms with Gasteiger partial charge in [-0.05, 0) is 58.1 Å². The number of hydrogen-bond acceptors (Lipinski definition) is 7. The summed E-state index contributed by atoms with van der Waals surface area (Å²) in [6.07, 6.45) is 5.07. The Morgan fingerprint density at radius 3 is 2.68 bits per heavy atom. The second-order valence-electron chi connectivity index (χ2n) is 8.44. The Morgan fingerprint density at radius 1 is 1.19 bits per heavy atom. The van der Waals surface area contributed by atoms with Crippen molar-refractivity contribution in [3.8, 4) is 0 Å². The van der Waals surface area contributed by atoms with E-state index < -0.39 is 10.0 Å². The molecule has 2 aromatic heterocycles. The van der Waals surface area contributed by atoms with Gasteiger partial charge in [-0.1, -0.05) is 0 Å².